The summed E-state index contributed by atoms with van der Waals surface area (Å²) in [6, 6.07) is 0.0791. The minimum Gasteiger partial charge on any atom is -0.444 e. The molecule has 2 rings (SSSR count). The number of carbonyl (C=O) groups is 1. The lowest BCUT2D eigenvalue weighted by Gasteiger charge is -2.47. The van der Waals surface area contributed by atoms with Gasteiger partial charge in [-0.2, -0.15) is 0 Å². The molecule has 2 fully saturated rings. The van der Waals surface area contributed by atoms with Crippen molar-refractivity contribution < 1.29 is 14.6 Å². The van der Waals surface area contributed by atoms with Crippen LogP contribution in [0.1, 0.15) is 67.7 Å². The van der Waals surface area contributed by atoms with Crippen molar-refractivity contribution in [3.8, 4) is 0 Å². The van der Waals surface area contributed by atoms with Gasteiger partial charge in [-0.3, -0.25) is 0 Å². The minimum atomic E-state index is -0.491. The summed E-state index contributed by atoms with van der Waals surface area (Å²) in [5.41, 5.74) is -0.466. The molecule has 1 aliphatic carbocycles. The lowest BCUT2D eigenvalue weighted by Crippen LogP contribution is -2.56. The van der Waals surface area contributed by atoms with E-state index in [4.69, 9.17) is 4.74 Å². The molecule has 128 valence electrons. The van der Waals surface area contributed by atoms with Crippen LogP contribution in [0.25, 0.3) is 0 Å². The summed E-state index contributed by atoms with van der Waals surface area (Å²) in [6.07, 6.45) is 2.76. The van der Waals surface area contributed by atoms with E-state index in [9.17, 15) is 9.90 Å². The van der Waals surface area contributed by atoms with E-state index >= 15 is 0 Å². The standard InChI is InChI=1S/C18H33NO3/c1-15(2,3)22-14(21)19-11-16(4,5)9-8-13(19)18(12-20)10-17(18,6)7/h13,20H,8-12H2,1-7H3. The fourth-order valence-corrected chi connectivity index (χ4v) is 4.11. The normalized spacial score (nSPS) is 33.5. The number of likely N-dealkylation sites (tertiary alicyclic amines) is 1. The van der Waals surface area contributed by atoms with E-state index in [0.29, 0.717) is 6.54 Å². The van der Waals surface area contributed by atoms with Crippen LogP contribution in [0.4, 0.5) is 4.79 Å². The van der Waals surface area contributed by atoms with Crippen molar-refractivity contribution in [1.82, 2.24) is 4.90 Å². The van der Waals surface area contributed by atoms with E-state index in [1.165, 1.54) is 0 Å². The Hall–Kier alpha value is -0.770. The van der Waals surface area contributed by atoms with E-state index in [1.807, 2.05) is 25.7 Å². The summed E-state index contributed by atoms with van der Waals surface area (Å²) >= 11 is 0. The molecule has 2 aliphatic rings. The Kier molecular flexibility index (Phi) is 4.09. The van der Waals surface area contributed by atoms with Crippen molar-refractivity contribution in [2.24, 2.45) is 16.2 Å². The van der Waals surface area contributed by atoms with Crippen molar-refractivity contribution in [1.29, 1.82) is 0 Å². The monoisotopic (exact) mass is 311 g/mol. The molecule has 1 saturated heterocycles. The molecule has 22 heavy (non-hydrogen) atoms. The highest BCUT2D eigenvalue weighted by Crippen LogP contribution is 2.67. The van der Waals surface area contributed by atoms with Gasteiger partial charge in [-0.1, -0.05) is 27.7 Å². The first-order chi connectivity index (χ1) is 9.84. The number of rotatable bonds is 2. The average molecular weight is 311 g/mol. The highest BCUT2D eigenvalue weighted by atomic mass is 16.6. The average Bonchev–Trinajstić information content (AvgIpc) is 2.89. The molecular weight excluding hydrogens is 278 g/mol. The van der Waals surface area contributed by atoms with E-state index < -0.39 is 5.60 Å². The van der Waals surface area contributed by atoms with Gasteiger partial charge in [0.15, 0.2) is 0 Å². The molecule has 1 N–H and O–H groups in total. The van der Waals surface area contributed by atoms with Crippen LogP contribution in [-0.2, 0) is 4.74 Å². The molecule has 0 radical (unpaired) electrons. The lowest BCUT2D eigenvalue weighted by molar-refractivity contribution is -0.0349. The van der Waals surface area contributed by atoms with Gasteiger partial charge in [0.2, 0.25) is 0 Å². The molecule has 1 heterocycles. The second-order valence-electron chi connectivity index (χ2n) is 9.70. The van der Waals surface area contributed by atoms with Crippen LogP contribution in [0, 0.1) is 16.2 Å². The van der Waals surface area contributed by atoms with Crippen LogP contribution >= 0.6 is 0 Å². The number of hydrogen-bond donors (Lipinski definition) is 1. The van der Waals surface area contributed by atoms with Gasteiger partial charge in [-0.25, -0.2) is 4.79 Å². The summed E-state index contributed by atoms with van der Waals surface area (Å²) in [6.45, 7) is 15.3. The molecule has 1 amide bonds. The predicted octanol–water partition coefficient (Wildman–Crippen LogP) is 3.82. The summed E-state index contributed by atoms with van der Waals surface area (Å²) in [5.74, 6) is 0. The number of amides is 1. The van der Waals surface area contributed by atoms with Gasteiger partial charge in [0.05, 0.1) is 6.61 Å². The number of piperidine rings is 1. The van der Waals surface area contributed by atoms with Crippen LogP contribution in [0.3, 0.4) is 0 Å². The van der Waals surface area contributed by atoms with Gasteiger partial charge in [0, 0.05) is 18.0 Å². The Morgan fingerprint density at radius 3 is 2.23 bits per heavy atom. The zero-order valence-corrected chi connectivity index (χ0v) is 15.3. The first kappa shape index (κ1) is 17.6. The first-order valence-electron chi connectivity index (χ1n) is 8.44. The van der Waals surface area contributed by atoms with E-state index in [0.717, 1.165) is 19.3 Å². The van der Waals surface area contributed by atoms with Crippen LogP contribution in [-0.4, -0.2) is 40.9 Å². The minimum absolute atomic E-state index is 0.0791. The Morgan fingerprint density at radius 1 is 1.27 bits per heavy atom. The van der Waals surface area contributed by atoms with Crippen LogP contribution < -0.4 is 0 Å². The number of nitrogens with zero attached hydrogens (tertiary/aromatic N) is 1. The van der Waals surface area contributed by atoms with Gasteiger partial charge < -0.3 is 14.7 Å². The van der Waals surface area contributed by atoms with Gasteiger partial charge in [-0.15, -0.1) is 0 Å². The van der Waals surface area contributed by atoms with Gasteiger partial charge >= 0.3 is 6.09 Å². The number of carbonyl (C=O) groups excluding carboxylic acids is 1. The highest BCUT2D eigenvalue weighted by Gasteiger charge is 2.67. The number of aliphatic hydroxyl groups excluding tert-OH is 1. The number of hydrogen-bond acceptors (Lipinski definition) is 3. The Bertz CT molecular complexity index is 450. The highest BCUT2D eigenvalue weighted by molar-refractivity contribution is 5.69. The second kappa shape index (κ2) is 5.12. The molecule has 0 spiro atoms. The fourth-order valence-electron chi connectivity index (χ4n) is 4.11. The Morgan fingerprint density at radius 2 is 1.82 bits per heavy atom. The SMILES string of the molecule is CC1(C)CCC(C2(CO)CC2(C)C)N(C(=O)OC(C)(C)C)C1. The lowest BCUT2D eigenvalue weighted by atomic mass is 9.75. The molecule has 0 aromatic carbocycles. The molecule has 2 unspecified atom stereocenters. The van der Waals surface area contributed by atoms with E-state index in [-0.39, 0.29) is 35.0 Å². The predicted molar refractivity (Wildman–Crippen MR) is 87.7 cm³/mol. The Labute approximate surface area is 135 Å². The molecular formula is C18H33NO3. The van der Waals surface area contributed by atoms with Crippen LogP contribution in [0.5, 0.6) is 0 Å². The smallest absolute Gasteiger partial charge is 0.410 e. The molecule has 4 heteroatoms. The summed E-state index contributed by atoms with van der Waals surface area (Å²) in [5, 5.41) is 10.0. The van der Waals surface area contributed by atoms with Crippen molar-refractivity contribution >= 4 is 6.09 Å². The van der Waals surface area contributed by atoms with Crippen molar-refractivity contribution in [3.05, 3.63) is 0 Å². The van der Waals surface area contributed by atoms with Crippen LogP contribution in [0.2, 0.25) is 0 Å². The second-order valence-corrected chi connectivity index (χ2v) is 9.70. The molecule has 1 saturated carbocycles. The van der Waals surface area contributed by atoms with Gasteiger partial charge in [0.25, 0.3) is 0 Å². The topological polar surface area (TPSA) is 49.8 Å². The third-order valence-corrected chi connectivity index (χ3v) is 5.60. The molecule has 4 nitrogen and oxygen atoms in total. The molecule has 2 atom stereocenters. The third kappa shape index (κ3) is 3.12. The molecule has 0 aromatic rings. The summed E-state index contributed by atoms with van der Waals surface area (Å²) in [7, 11) is 0. The third-order valence-electron chi connectivity index (χ3n) is 5.60. The maximum absolute atomic E-state index is 12.7. The maximum atomic E-state index is 12.7. The quantitative estimate of drug-likeness (QED) is 0.843. The largest absolute Gasteiger partial charge is 0.444 e. The van der Waals surface area contributed by atoms with E-state index in [1.54, 1.807) is 0 Å². The maximum Gasteiger partial charge on any atom is 0.410 e. The number of aliphatic hydroxyl groups is 1. The molecule has 1 aliphatic heterocycles. The zero-order valence-electron chi connectivity index (χ0n) is 15.3. The Balaban J connectivity index is 2.26. The van der Waals surface area contributed by atoms with Gasteiger partial charge in [-0.05, 0) is 50.9 Å². The molecule has 0 bridgehead atoms. The zero-order chi connectivity index (χ0) is 17.0. The number of ether oxygens (including phenoxy) is 1. The first-order valence-corrected chi connectivity index (χ1v) is 8.44. The van der Waals surface area contributed by atoms with Crippen molar-refractivity contribution in [2.45, 2.75) is 79.4 Å². The fraction of sp³-hybridized carbons (Fsp3) is 0.944. The van der Waals surface area contributed by atoms with E-state index in [2.05, 4.69) is 27.7 Å². The van der Waals surface area contributed by atoms with Gasteiger partial charge in [0.1, 0.15) is 5.60 Å². The summed E-state index contributed by atoms with van der Waals surface area (Å²) in [4.78, 5) is 14.6. The summed E-state index contributed by atoms with van der Waals surface area (Å²) < 4.78 is 5.64. The molecule has 0 aromatic heterocycles. The van der Waals surface area contributed by atoms with Crippen molar-refractivity contribution in [3.63, 3.8) is 0 Å². The van der Waals surface area contributed by atoms with Crippen molar-refractivity contribution in [2.75, 3.05) is 13.2 Å². The van der Waals surface area contributed by atoms with Crippen LogP contribution in [0.15, 0.2) is 0 Å².